The Kier molecular flexibility index (Phi) is 4.86. The van der Waals surface area contributed by atoms with Crippen LogP contribution in [0.5, 0.6) is 0 Å². The van der Waals surface area contributed by atoms with E-state index in [1.165, 1.54) is 6.07 Å². The highest BCUT2D eigenvalue weighted by Gasteiger charge is 2.32. The fraction of sp³-hybridized carbons (Fsp3) is 0.318. The SMILES string of the molecule is CC[C@@H]1OCCc2c1n(C(=O)Nc1cc(C)cc(C(F)(F)F)c1)c1ccccc21. The number of hydrogen-bond donors (Lipinski definition) is 1. The van der Waals surface area contributed by atoms with E-state index in [1.54, 1.807) is 11.5 Å². The molecule has 7 heteroatoms. The van der Waals surface area contributed by atoms with Gasteiger partial charge < -0.3 is 10.1 Å². The summed E-state index contributed by atoms with van der Waals surface area (Å²) in [6.45, 7) is 4.13. The molecule has 4 rings (SSSR count). The highest BCUT2D eigenvalue weighted by Crippen LogP contribution is 2.37. The van der Waals surface area contributed by atoms with Gasteiger partial charge in [-0.25, -0.2) is 4.79 Å². The summed E-state index contributed by atoms with van der Waals surface area (Å²) in [5.74, 6) is 0. The maximum Gasteiger partial charge on any atom is 0.416 e. The lowest BCUT2D eigenvalue weighted by molar-refractivity contribution is -0.137. The maximum absolute atomic E-state index is 13.2. The van der Waals surface area contributed by atoms with Crippen molar-refractivity contribution in [1.29, 1.82) is 0 Å². The number of halogens is 3. The summed E-state index contributed by atoms with van der Waals surface area (Å²) in [7, 11) is 0. The zero-order valence-electron chi connectivity index (χ0n) is 16.1. The maximum atomic E-state index is 13.2. The first kappa shape index (κ1) is 19.5. The van der Waals surface area contributed by atoms with Crippen molar-refractivity contribution in [3.63, 3.8) is 0 Å². The summed E-state index contributed by atoms with van der Waals surface area (Å²) in [5.41, 5.74) is 2.31. The van der Waals surface area contributed by atoms with Gasteiger partial charge in [0.15, 0.2) is 0 Å². The zero-order chi connectivity index (χ0) is 20.8. The fourth-order valence-electron chi connectivity index (χ4n) is 4.04. The van der Waals surface area contributed by atoms with E-state index in [-0.39, 0.29) is 11.8 Å². The number of nitrogens with one attached hydrogen (secondary N) is 1. The molecule has 1 atom stereocenters. The van der Waals surface area contributed by atoms with Crippen molar-refractivity contribution in [2.45, 2.75) is 39.0 Å². The molecule has 0 spiro atoms. The number of ether oxygens (including phenoxy) is 1. The molecule has 0 fully saturated rings. The number of benzene rings is 2. The number of amides is 1. The second-order valence-electron chi connectivity index (χ2n) is 7.25. The third kappa shape index (κ3) is 3.51. The second-order valence-corrected chi connectivity index (χ2v) is 7.25. The van der Waals surface area contributed by atoms with Crippen LogP contribution in [0.4, 0.5) is 23.7 Å². The van der Waals surface area contributed by atoms with E-state index in [0.717, 1.165) is 34.3 Å². The van der Waals surface area contributed by atoms with Crippen LogP contribution in [0.2, 0.25) is 0 Å². The molecule has 3 aromatic rings. The molecule has 1 aliphatic heterocycles. The molecule has 1 aromatic heterocycles. The Bertz CT molecular complexity index is 1090. The van der Waals surface area contributed by atoms with Crippen molar-refractivity contribution < 1.29 is 22.7 Å². The summed E-state index contributed by atoms with van der Waals surface area (Å²) < 4.78 is 46.9. The van der Waals surface area contributed by atoms with Crippen LogP contribution in [-0.2, 0) is 17.3 Å². The molecule has 0 aliphatic carbocycles. The number of carbonyl (C=O) groups excluding carboxylic acids is 1. The van der Waals surface area contributed by atoms with Crippen LogP contribution in [-0.4, -0.2) is 17.2 Å². The molecule has 0 radical (unpaired) electrons. The van der Waals surface area contributed by atoms with Gasteiger partial charge >= 0.3 is 12.2 Å². The lowest BCUT2D eigenvalue weighted by Crippen LogP contribution is -2.26. The first-order chi connectivity index (χ1) is 13.8. The van der Waals surface area contributed by atoms with Crippen LogP contribution in [0.3, 0.4) is 0 Å². The van der Waals surface area contributed by atoms with Crippen LogP contribution in [0, 0.1) is 6.92 Å². The first-order valence-electron chi connectivity index (χ1n) is 9.53. The van der Waals surface area contributed by atoms with E-state index >= 15 is 0 Å². The number of carbonyl (C=O) groups is 1. The minimum atomic E-state index is -4.48. The number of anilines is 1. The predicted octanol–water partition coefficient (Wildman–Crippen LogP) is 6.07. The van der Waals surface area contributed by atoms with Gasteiger partial charge in [-0.05, 0) is 55.2 Å². The topological polar surface area (TPSA) is 43.3 Å². The van der Waals surface area contributed by atoms with Gasteiger partial charge in [-0.15, -0.1) is 0 Å². The molecule has 1 amide bonds. The van der Waals surface area contributed by atoms with Gasteiger partial charge in [0.2, 0.25) is 0 Å². The van der Waals surface area contributed by atoms with Crippen molar-refractivity contribution >= 4 is 22.6 Å². The molecule has 0 saturated carbocycles. The third-order valence-corrected chi connectivity index (χ3v) is 5.23. The Morgan fingerprint density at radius 2 is 2.00 bits per heavy atom. The molecule has 1 N–H and O–H groups in total. The van der Waals surface area contributed by atoms with Crippen molar-refractivity contribution in [1.82, 2.24) is 4.57 Å². The second kappa shape index (κ2) is 7.22. The number of fused-ring (bicyclic) bond motifs is 3. The Morgan fingerprint density at radius 1 is 1.24 bits per heavy atom. The monoisotopic (exact) mass is 402 g/mol. The highest BCUT2D eigenvalue weighted by atomic mass is 19.4. The Morgan fingerprint density at radius 3 is 2.72 bits per heavy atom. The molecule has 152 valence electrons. The molecule has 0 unspecified atom stereocenters. The Labute approximate surface area is 166 Å². The molecule has 4 nitrogen and oxygen atoms in total. The molecule has 29 heavy (non-hydrogen) atoms. The minimum absolute atomic E-state index is 0.110. The number of aromatic nitrogens is 1. The van der Waals surface area contributed by atoms with Crippen LogP contribution in [0.15, 0.2) is 42.5 Å². The van der Waals surface area contributed by atoms with Crippen molar-refractivity contribution in [3.05, 3.63) is 64.8 Å². The lowest BCUT2D eigenvalue weighted by Gasteiger charge is -2.25. The number of alkyl halides is 3. The number of aryl methyl sites for hydroxylation is 1. The third-order valence-electron chi connectivity index (χ3n) is 5.23. The molecular formula is C22H21F3N2O2. The first-order valence-corrected chi connectivity index (χ1v) is 9.53. The fourth-order valence-corrected chi connectivity index (χ4v) is 4.04. The van der Waals surface area contributed by atoms with Gasteiger partial charge in [0.05, 0.1) is 29.5 Å². The quantitative estimate of drug-likeness (QED) is 0.565. The van der Waals surface area contributed by atoms with Crippen LogP contribution >= 0.6 is 0 Å². The van der Waals surface area contributed by atoms with Crippen LogP contribution in [0.25, 0.3) is 10.9 Å². The van der Waals surface area contributed by atoms with E-state index < -0.39 is 17.8 Å². The normalized spacial score (nSPS) is 16.7. The average Bonchev–Trinajstić information content (AvgIpc) is 3.01. The van der Waals surface area contributed by atoms with Gasteiger partial charge in [0, 0.05) is 11.1 Å². The van der Waals surface area contributed by atoms with Crippen molar-refractivity contribution in [2.75, 3.05) is 11.9 Å². The summed E-state index contributed by atoms with van der Waals surface area (Å²) in [5, 5.41) is 3.62. The Hall–Kier alpha value is -2.80. The number of hydrogen-bond acceptors (Lipinski definition) is 2. The summed E-state index contributed by atoms with van der Waals surface area (Å²) in [6, 6.07) is 10.6. The summed E-state index contributed by atoms with van der Waals surface area (Å²) in [4.78, 5) is 13.2. The van der Waals surface area contributed by atoms with E-state index in [4.69, 9.17) is 4.74 Å². The highest BCUT2D eigenvalue weighted by molar-refractivity contribution is 6.01. The minimum Gasteiger partial charge on any atom is -0.372 e. The van der Waals surface area contributed by atoms with Crippen molar-refractivity contribution in [3.8, 4) is 0 Å². The number of para-hydroxylation sites is 1. The Balaban J connectivity index is 1.80. The van der Waals surface area contributed by atoms with E-state index in [9.17, 15) is 18.0 Å². The van der Waals surface area contributed by atoms with E-state index in [2.05, 4.69) is 5.32 Å². The van der Waals surface area contributed by atoms with Gasteiger partial charge in [-0.1, -0.05) is 25.1 Å². The summed E-state index contributed by atoms with van der Waals surface area (Å²) >= 11 is 0. The van der Waals surface area contributed by atoms with Crippen LogP contribution < -0.4 is 5.32 Å². The van der Waals surface area contributed by atoms with Crippen LogP contribution in [0.1, 0.15) is 41.8 Å². The molecule has 0 saturated heterocycles. The molecule has 2 heterocycles. The molecule has 0 bridgehead atoms. The van der Waals surface area contributed by atoms with E-state index in [0.29, 0.717) is 25.0 Å². The molecule has 2 aromatic carbocycles. The largest absolute Gasteiger partial charge is 0.416 e. The van der Waals surface area contributed by atoms with Gasteiger partial charge in [-0.2, -0.15) is 13.2 Å². The standard InChI is InChI=1S/C22H21F3N2O2/c1-3-19-20-17(8-9-29-19)16-6-4-5-7-18(16)27(20)21(28)26-15-11-13(2)10-14(12-15)22(23,24)25/h4-7,10-12,19H,3,8-9H2,1-2H3,(H,26,28)/t19-/m0/s1. The number of nitrogens with zero attached hydrogens (tertiary/aromatic N) is 1. The predicted molar refractivity (Wildman–Crippen MR) is 105 cm³/mol. The zero-order valence-corrected chi connectivity index (χ0v) is 16.1. The average molecular weight is 402 g/mol. The number of rotatable bonds is 2. The van der Waals surface area contributed by atoms with Gasteiger partial charge in [0.25, 0.3) is 0 Å². The summed E-state index contributed by atoms with van der Waals surface area (Å²) in [6.07, 6.45) is -3.33. The molecular weight excluding hydrogens is 381 g/mol. The van der Waals surface area contributed by atoms with Gasteiger partial charge in [0.1, 0.15) is 0 Å². The van der Waals surface area contributed by atoms with Gasteiger partial charge in [-0.3, -0.25) is 4.57 Å². The molecule has 1 aliphatic rings. The van der Waals surface area contributed by atoms with E-state index in [1.807, 2.05) is 31.2 Å². The van der Waals surface area contributed by atoms with Crippen molar-refractivity contribution in [2.24, 2.45) is 0 Å². The smallest absolute Gasteiger partial charge is 0.372 e. The lowest BCUT2D eigenvalue weighted by atomic mass is 10.0.